The third-order valence-corrected chi connectivity index (χ3v) is 3.10. The number of carbonyl (C=O) groups is 1. The maximum absolute atomic E-state index is 11.0. The van der Waals surface area contributed by atoms with Crippen molar-refractivity contribution in [3.63, 3.8) is 0 Å². The molecule has 0 fully saturated rings. The predicted molar refractivity (Wildman–Crippen MR) is 51.0 cm³/mol. The Morgan fingerprint density at radius 2 is 2.29 bits per heavy atom. The Kier molecular flexibility index (Phi) is 2.06. The first-order chi connectivity index (χ1) is 6.59. The SMILES string of the molecule is Cc1[nH]nc2c1CC(C(=O)O)C(C)C2. The molecule has 1 heterocycles. The lowest BCUT2D eigenvalue weighted by atomic mass is 9.79. The van der Waals surface area contributed by atoms with Crippen LogP contribution in [0, 0.1) is 18.8 Å². The van der Waals surface area contributed by atoms with Crippen molar-refractivity contribution in [3.8, 4) is 0 Å². The molecule has 4 heteroatoms. The number of aliphatic carboxylic acids is 1. The summed E-state index contributed by atoms with van der Waals surface area (Å²) in [5.74, 6) is -0.759. The topological polar surface area (TPSA) is 66.0 Å². The van der Waals surface area contributed by atoms with E-state index in [2.05, 4.69) is 10.2 Å². The van der Waals surface area contributed by atoms with Gasteiger partial charge in [-0.25, -0.2) is 0 Å². The number of carboxylic acid groups (broad SMARTS) is 1. The third kappa shape index (κ3) is 1.31. The number of carboxylic acids is 1. The fourth-order valence-corrected chi connectivity index (χ4v) is 2.14. The second-order valence-electron chi connectivity index (χ2n) is 4.10. The number of rotatable bonds is 1. The first kappa shape index (κ1) is 9.24. The van der Waals surface area contributed by atoms with Gasteiger partial charge in [0.25, 0.3) is 0 Å². The van der Waals surface area contributed by atoms with Crippen molar-refractivity contribution in [1.82, 2.24) is 10.2 Å². The molecule has 0 amide bonds. The summed E-state index contributed by atoms with van der Waals surface area (Å²) in [5.41, 5.74) is 3.17. The highest BCUT2D eigenvalue weighted by molar-refractivity contribution is 5.71. The number of nitrogens with one attached hydrogen (secondary N) is 1. The second kappa shape index (κ2) is 3.12. The van der Waals surface area contributed by atoms with Crippen molar-refractivity contribution >= 4 is 5.97 Å². The van der Waals surface area contributed by atoms with Gasteiger partial charge in [0.2, 0.25) is 0 Å². The molecular weight excluding hydrogens is 180 g/mol. The van der Waals surface area contributed by atoms with E-state index in [0.29, 0.717) is 6.42 Å². The molecule has 0 saturated heterocycles. The van der Waals surface area contributed by atoms with Crippen LogP contribution in [0.4, 0.5) is 0 Å². The molecule has 0 saturated carbocycles. The van der Waals surface area contributed by atoms with E-state index in [4.69, 9.17) is 5.11 Å². The molecule has 2 atom stereocenters. The van der Waals surface area contributed by atoms with Gasteiger partial charge in [0, 0.05) is 5.69 Å². The number of hydrogen-bond donors (Lipinski definition) is 2. The fourth-order valence-electron chi connectivity index (χ4n) is 2.14. The van der Waals surface area contributed by atoms with E-state index < -0.39 is 5.97 Å². The summed E-state index contributed by atoms with van der Waals surface area (Å²) < 4.78 is 0. The van der Waals surface area contributed by atoms with Crippen LogP contribution in [0.5, 0.6) is 0 Å². The third-order valence-electron chi connectivity index (χ3n) is 3.10. The smallest absolute Gasteiger partial charge is 0.307 e. The molecule has 0 radical (unpaired) electrons. The zero-order valence-corrected chi connectivity index (χ0v) is 8.37. The van der Waals surface area contributed by atoms with E-state index in [0.717, 1.165) is 23.4 Å². The van der Waals surface area contributed by atoms with E-state index in [1.165, 1.54) is 0 Å². The Morgan fingerprint density at radius 1 is 1.57 bits per heavy atom. The van der Waals surface area contributed by atoms with Crippen LogP contribution < -0.4 is 0 Å². The van der Waals surface area contributed by atoms with Crippen LogP contribution in [0.15, 0.2) is 0 Å². The predicted octanol–water partition coefficient (Wildman–Crippen LogP) is 1.15. The van der Waals surface area contributed by atoms with Crippen LogP contribution in [0.25, 0.3) is 0 Å². The number of hydrogen-bond acceptors (Lipinski definition) is 2. The van der Waals surface area contributed by atoms with Gasteiger partial charge in [-0.15, -0.1) is 0 Å². The molecule has 0 spiro atoms. The van der Waals surface area contributed by atoms with Gasteiger partial charge in [0.05, 0.1) is 11.6 Å². The summed E-state index contributed by atoms with van der Waals surface area (Å²) in [6.45, 7) is 3.92. The molecule has 0 bridgehead atoms. The normalized spacial score (nSPS) is 25.9. The van der Waals surface area contributed by atoms with Crippen LogP contribution >= 0.6 is 0 Å². The summed E-state index contributed by atoms with van der Waals surface area (Å²) in [4.78, 5) is 11.0. The number of aryl methyl sites for hydroxylation is 1. The molecule has 1 aromatic heterocycles. The molecule has 2 unspecified atom stereocenters. The van der Waals surface area contributed by atoms with Gasteiger partial charge in [0.15, 0.2) is 0 Å². The minimum absolute atomic E-state index is 0.183. The largest absolute Gasteiger partial charge is 0.481 e. The molecule has 4 nitrogen and oxygen atoms in total. The second-order valence-corrected chi connectivity index (χ2v) is 4.10. The molecule has 0 aliphatic heterocycles. The van der Waals surface area contributed by atoms with Crippen molar-refractivity contribution in [2.45, 2.75) is 26.7 Å². The van der Waals surface area contributed by atoms with Gasteiger partial charge in [-0.2, -0.15) is 5.10 Å². The number of aromatic nitrogens is 2. The summed E-state index contributed by atoms with van der Waals surface area (Å²) in [6.07, 6.45) is 1.39. The van der Waals surface area contributed by atoms with E-state index in [1.54, 1.807) is 0 Å². The molecule has 2 rings (SSSR count). The van der Waals surface area contributed by atoms with Crippen LogP contribution in [-0.2, 0) is 17.6 Å². The maximum atomic E-state index is 11.0. The molecule has 0 aromatic carbocycles. The van der Waals surface area contributed by atoms with Gasteiger partial charge in [-0.05, 0) is 31.2 Å². The molecule has 1 aromatic rings. The van der Waals surface area contributed by atoms with Crippen LogP contribution in [0.3, 0.4) is 0 Å². The van der Waals surface area contributed by atoms with Crippen molar-refractivity contribution in [2.24, 2.45) is 11.8 Å². The van der Waals surface area contributed by atoms with E-state index >= 15 is 0 Å². The number of aromatic amines is 1. The molecule has 2 N–H and O–H groups in total. The van der Waals surface area contributed by atoms with Gasteiger partial charge in [-0.3, -0.25) is 9.89 Å². The molecule has 1 aliphatic rings. The molecule has 1 aliphatic carbocycles. The van der Waals surface area contributed by atoms with Crippen molar-refractivity contribution < 1.29 is 9.90 Å². The van der Waals surface area contributed by atoms with Gasteiger partial charge in [0.1, 0.15) is 0 Å². The van der Waals surface area contributed by atoms with E-state index in [1.807, 2.05) is 13.8 Å². The standard InChI is InChI=1S/C10H14N2O2/c1-5-3-9-8(6(2)11-12-9)4-7(5)10(13)14/h5,7H,3-4H2,1-2H3,(H,11,12)(H,13,14). The highest BCUT2D eigenvalue weighted by Crippen LogP contribution is 2.30. The summed E-state index contributed by atoms with van der Waals surface area (Å²) in [6, 6.07) is 0. The average Bonchev–Trinajstić information content (AvgIpc) is 2.46. The summed E-state index contributed by atoms with van der Waals surface area (Å²) >= 11 is 0. The number of nitrogens with zero attached hydrogens (tertiary/aromatic N) is 1. The lowest BCUT2D eigenvalue weighted by Crippen LogP contribution is -2.29. The first-order valence-corrected chi connectivity index (χ1v) is 4.85. The Hall–Kier alpha value is -1.32. The first-order valence-electron chi connectivity index (χ1n) is 4.85. The zero-order valence-electron chi connectivity index (χ0n) is 8.37. The molecule has 14 heavy (non-hydrogen) atoms. The Morgan fingerprint density at radius 3 is 2.93 bits per heavy atom. The van der Waals surface area contributed by atoms with Gasteiger partial charge < -0.3 is 5.11 Å². The van der Waals surface area contributed by atoms with Crippen LogP contribution in [0.2, 0.25) is 0 Å². The molecular formula is C10H14N2O2. The highest BCUT2D eigenvalue weighted by atomic mass is 16.4. The number of H-pyrrole nitrogens is 1. The summed E-state index contributed by atoms with van der Waals surface area (Å²) in [5, 5.41) is 16.1. The van der Waals surface area contributed by atoms with Crippen LogP contribution in [-0.4, -0.2) is 21.3 Å². The fraction of sp³-hybridized carbons (Fsp3) is 0.600. The quantitative estimate of drug-likeness (QED) is 0.704. The highest BCUT2D eigenvalue weighted by Gasteiger charge is 2.32. The number of fused-ring (bicyclic) bond motifs is 1. The Balaban J connectivity index is 2.33. The Bertz CT molecular complexity index is 370. The minimum atomic E-state index is -0.691. The van der Waals surface area contributed by atoms with Crippen molar-refractivity contribution in [1.29, 1.82) is 0 Å². The monoisotopic (exact) mass is 194 g/mol. The minimum Gasteiger partial charge on any atom is -0.481 e. The Labute approximate surface area is 82.3 Å². The lowest BCUT2D eigenvalue weighted by Gasteiger charge is -2.24. The van der Waals surface area contributed by atoms with E-state index in [-0.39, 0.29) is 11.8 Å². The maximum Gasteiger partial charge on any atom is 0.307 e. The molecule has 76 valence electrons. The van der Waals surface area contributed by atoms with Crippen molar-refractivity contribution in [2.75, 3.05) is 0 Å². The van der Waals surface area contributed by atoms with E-state index in [9.17, 15) is 4.79 Å². The average molecular weight is 194 g/mol. The summed E-state index contributed by atoms with van der Waals surface area (Å²) in [7, 11) is 0. The van der Waals surface area contributed by atoms with Crippen LogP contribution in [0.1, 0.15) is 23.9 Å². The zero-order chi connectivity index (χ0) is 10.3. The van der Waals surface area contributed by atoms with Gasteiger partial charge in [-0.1, -0.05) is 6.92 Å². The van der Waals surface area contributed by atoms with Gasteiger partial charge >= 0.3 is 5.97 Å². The van der Waals surface area contributed by atoms with Crippen molar-refractivity contribution in [3.05, 3.63) is 17.0 Å². The lowest BCUT2D eigenvalue weighted by molar-refractivity contribution is -0.143.